The summed E-state index contributed by atoms with van der Waals surface area (Å²) in [7, 11) is 0. The third-order valence-corrected chi connectivity index (χ3v) is 13.6. The normalized spacial score (nSPS) is 13.7. The summed E-state index contributed by atoms with van der Waals surface area (Å²) >= 11 is 0. The van der Waals surface area contributed by atoms with Crippen molar-refractivity contribution in [3.05, 3.63) is 181 Å². The molecule has 0 N–H and O–H groups in total. The largest absolute Gasteiger partial charge is 0.308 e. The van der Waals surface area contributed by atoms with E-state index in [0.29, 0.717) is 5.95 Å². The molecular weight excluding hydrogens is 717 g/mol. The summed E-state index contributed by atoms with van der Waals surface area (Å²) in [5, 5.41) is 13.3. The third-order valence-electron chi connectivity index (χ3n) is 13.6. The van der Waals surface area contributed by atoms with Gasteiger partial charge < -0.3 is 4.40 Å². The number of nitrogens with zero attached hydrogens (tertiary/aromatic N) is 4. The van der Waals surface area contributed by atoms with Gasteiger partial charge in [0, 0.05) is 48.7 Å². The van der Waals surface area contributed by atoms with Crippen LogP contribution in [0.15, 0.2) is 170 Å². The lowest BCUT2D eigenvalue weighted by Crippen LogP contribution is -2.15. The minimum Gasteiger partial charge on any atom is -0.308 e. The summed E-state index contributed by atoms with van der Waals surface area (Å²) in [6.45, 7) is 4.69. The molecule has 4 heterocycles. The van der Waals surface area contributed by atoms with E-state index in [1.807, 2.05) is 0 Å². The van der Waals surface area contributed by atoms with Crippen molar-refractivity contribution in [2.45, 2.75) is 19.3 Å². The molecule has 0 amide bonds. The summed E-state index contributed by atoms with van der Waals surface area (Å²) in [6, 6.07) is 62.5. The molecule has 9 aromatic carbocycles. The van der Waals surface area contributed by atoms with Gasteiger partial charge in [-0.05, 0) is 86.3 Å². The Morgan fingerprint density at radius 2 is 1.10 bits per heavy atom. The summed E-state index contributed by atoms with van der Waals surface area (Å²) in [5.74, 6) is 0.669. The second-order valence-electron chi connectivity index (χ2n) is 16.9. The molecule has 59 heavy (non-hydrogen) atoms. The van der Waals surface area contributed by atoms with Crippen molar-refractivity contribution in [1.29, 1.82) is 0 Å². The predicted molar refractivity (Wildman–Crippen MR) is 247 cm³/mol. The molecule has 14 rings (SSSR count). The van der Waals surface area contributed by atoms with Crippen LogP contribution in [0.2, 0.25) is 0 Å². The first-order valence-electron chi connectivity index (χ1n) is 20.5. The van der Waals surface area contributed by atoms with Crippen LogP contribution in [0.5, 0.6) is 0 Å². The van der Waals surface area contributed by atoms with Gasteiger partial charge in [0.2, 0.25) is 5.95 Å². The molecule has 4 aromatic heterocycles. The molecule has 13 aromatic rings. The van der Waals surface area contributed by atoms with Crippen molar-refractivity contribution in [1.82, 2.24) is 18.9 Å². The molecule has 0 fully saturated rings. The summed E-state index contributed by atoms with van der Waals surface area (Å²) in [4.78, 5) is 11.3. The van der Waals surface area contributed by atoms with Crippen LogP contribution < -0.4 is 0 Å². The van der Waals surface area contributed by atoms with E-state index in [1.165, 1.54) is 81.9 Å². The maximum atomic E-state index is 5.66. The molecule has 0 saturated carbocycles. The Kier molecular flexibility index (Phi) is 5.81. The van der Waals surface area contributed by atoms with E-state index in [4.69, 9.17) is 9.97 Å². The predicted octanol–water partition coefficient (Wildman–Crippen LogP) is 14.2. The van der Waals surface area contributed by atoms with Crippen molar-refractivity contribution in [2.24, 2.45) is 0 Å². The molecule has 0 atom stereocenters. The zero-order valence-corrected chi connectivity index (χ0v) is 32.5. The summed E-state index contributed by atoms with van der Waals surface area (Å²) in [6.07, 6.45) is 0. The molecule has 0 saturated heterocycles. The van der Waals surface area contributed by atoms with Crippen molar-refractivity contribution in [2.75, 3.05) is 0 Å². The Balaban J connectivity index is 1.15. The number of para-hydroxylation sites is 1. The quantitative estimate of drug-likeness (QED) is 0.165. The van der Waals surface area contributed by atoms with E-state index in [-0.39, 0.29) is 5.41 Å². The van der Waals surface area contributed by atoms with Gasteiger partial charge in [0.05, 0.1) is 38.8 Å². The molecule has 1 aliphatic carbocycles. The molecule has 1 aliphatic rings. The molecule has 4 nitrogen and oxygen atoms in total. The van der Waals surface area contributed by atoms with Gasteiger partial charge in [-0.3, -0.25) is 4.57 Å². The first-order chi connectivity index (χ1) is 29.0. The lowest BCUT2D eigenvalue weighted by atomic mass is 9.82. The molecule has 0 aliphatic heterocycles. The highest BCUT2D eigenvalue weighted by atomic mass is 15.2. The molecule has 4 heteroatoms. The number of fused-ring (bicyclic) bond motifs is 13. The first-order valence-corrected chi connectivity index (χ1v) is 20.5. The minimum absolute atomic E-state index is 0.137. The highest BCUT2D eigenvalue weighted by Crippen LogP contribution is 2.50. The van der Waals surface area contributed by atoms with Gasteiger partial charge >= 0.3 is 0 Å². The average Bonchev–Trinajstić information content (AvgIpc) is 3.84. The van der Waals surface area contributed by atoms with Crippen LogP contribution in [0, 0.1) is 0 Å². The Labute approximate surface area is 338 Å². The van der Waals surface area contributed by atoms with E-state index in [9.17, 15) is 0 Å². The van der Waals surface area contributed by atoms with Gasteiger partial charge in [-0.2, -0.15) is 0 Å². The Bertz CT molecular complexity index is 3960. The third kappa shape index (κ3) is 3.89. The second kappa shape index (κ2) is 10.9. The summed E-state index contributed by atoms with van der Waals surface area (Å²) in [5.41, 5.74) is 14.0. The van der Waals surface area contributed by atoms with E-state index >= 15 is 0 Å². The van der Waals surface area contributed by atoms with Gasteiger partial charge in [0.15, 0.2) is 0 Å². The topological polar surface area (TPSA) is 35.1 Å². The average molecular weight is 751 g/mol. The van der Waals surface area contributed by atoms with Gasteiger partial charge in [-0.15, -0.1) is 0 Å². The van der Waals surface area contributed by atoms with Gasteiger partial charge in [-0.25, -0.2) is 9.97 Å². The van der Waals surface area contributed by atoms with E-state index in [0.717, 1.165) is 44.0 Å². The standard InChI is InChI=1S/C55H34N4/c1-55(2)42-20-9-7-17-36(42)37-27-26-33(30-43(37)55)51-40-28-25-31-13-3-6-16-35(31)52(40)57-54(56-51)59-45-22-11-19-39-48-34-15-5-4-14-32(34)29-41-38-18-8-10-21-44(38)58(53(41)48)46-23-12-24-47(59)50(46)49(39)45/h3-30H,1-2H3. The SMILES string of the molecule is CC1(C)c2ccccc2-c2ccc(-c3nc(-n4c5cccc6c5c5c4cccc5n4c5ccccc5c5cc7ccccc7c6c54)nc4c3ccc3ccccc34)cc21. The molecule has 0 bridgehead atoms. The van der Waals surface area contributed by atoms with E-state index in [2.05, 4.69) is 193 Å². The van der Waals surface area contributed by atoms with Crippen molar-refractivity contribution in [3.8, 4) is 28.3 Å². The Morgan fingerprint density at radius 3 is 2.00 bits per heavy atom. The van der Waals surface area contributed by atoms with Crippen LogP contribution in [0.3, 0.4) is 0 Å². The lowest BCUT2D eigenvalue weighted by molar-refractivity contribution is 0.660. The minimum atomic E-state index is -0.137. The second-order valence-corrected chi connectivity index (χ2v) is 16.9. The zero-order valence-electron chi connectivity index (χ0n) is 32.5. The fourth-order valence-electron chi connectivity index (χ4n) is 11.0. The van der Waals surface area contributed by atoms with Crippen LogP contribution in [-0.4, -0.2) is 18.9 Å². The number of rotatable bonds is 2. The molecule has 0 spiro atoms. The Morgan fingerprint density at radius 1 is 0.424 bits per heavy atom. The van der Waals surface area contributed by atoms with Gasteiger partial charge in [0.1, 0.15) is 0 Å². The Hall–Kier alpha value is -7.56. The lowest BCUT2D eigenvalue weighted by Gasteiger charge is -2.22. The van der Waals surface area contributed by atoms with E-state index < -0.39 is 0 Å². The number of hydrogen-bond donors (Lipinski definition) is 0. The fraction of sp³-hybridized carbons (Fsp3) is 0.0545. The van der Waals surface area contributed by atoms with Crippen LogP contribution in [0.4, 0.5) is 0 Å². The van der Waals surface area contributed by atoms with Crippen LogP contribution >= 0.6 is 0 Å². The maximum Gasteiger partial charge on any atom is 0.235 e. The summed E-state index contributed by atoms with van der Waals surface area (Å²) < 4.78 is 4.84. The van der Waals surface area contributed by atoms with Gasteiger partial charge in [0.25, 0.3) is 0 Å². The molecule has 0 unspecified atom stereocenters. The first kappa shape index (κ1) is 31.5. The van der Waals surface area contributed by atoms with Crippen molar-refractivity contribution >= 4 is 92.3 Å². The number of hydrogen-bond acceptors (Lipinski definition) is 2. The van der Waals surface area contributed by atoms with Crippen molar-refractivity contribution < 1.29 is 0 Å². The maximum absolute atomic E-state index is 5.66. The fourth-order valence-corrected chi connectivity index (χ4v) is 11.0. The molecule has 0 radical (unpaired) electrons. The highest BCUT2D eigenvalue weighted by Gasteiger charge is 2.35. The zero-order chi connectivity index (χ0) is 38.7. The number of aromatic nitrogens is 4. The monoisotopic (exact) mass is 750 g/mol. The van der Waals surface area contributed by atoms with Crippen LogP contribution in [0.1, 0.15) is 25.0 Å². The smallest absolute Gasteiger partial charge is 0.235 e. The highest BCUT2D eigenvalue weighted by molar-refractivity contribution is 6.35. The van der Waals surface area contributed by atoms with E-state index in [1.54, 1.807) is 0 Å². The van der Waals surface area contributed by atoms with Crippen LogP contribution in [0.25, 0.3) is 121 Å². The van der Waals surface area contributed by atoms with Crippen molar-refractivity contribution in [3.63, 3.8) is 0 Å². The number of benzene rings is 9. The van der Waals surface area contributed by atoms with Crippen LogP contribution in [-0.2, 0) is 5.41 Å². The molecular formula is C55H34N4. The van der Waals surface area contributed by atoms with Gasteiger partial charge in [-0.1, -0.05) is 141 Å². The molecule has 274 valence electrons.